The smallest absolute Gasteiger partial charge is 0.217 e. The van der Waals surface area contributed by atoms with Gasteiger partial charge >= 0.3 is 0 Å². The van der Waals surface area contributed by atoms with Crippen LogP contribution in [0.25, 0.3) is 0 Å². The predicted molar refractivity (Wildman–Crippen MR) is 50.3 cm³/mol. The van der Waals surface area contributed by atoms with Crippen molar-refractivity contribution < 1.29 is 4.74 Å². The van der Waals surface area contributed by atoms with Crippen molar-refractivity contribution in [1.82, 2.24) is 4.98 Å². The molecule has 0 spiro atoms. The van der Waals surface area contributed by atoms with E-state index in [9.17, 15) is 0 Å². The van der Waals surface area contributed by atoms with Crippen molar-refractivity contribution in [3.8, 4) is 5.88 Å². The summed E-state index contributed by atoms with van der Waals surface area (Å²) >= 11 is 0. The molecule has 3 nitrogen and oxygen atoms in total. The Morgan fingerprint density at radius 1 is 1.54 bits per heavy atom. The summed E-state index contributed by atoms with van der Waals surface area (Å²) in [5, 5.41) is 0. The van der Waals surface area contributed by atoms with Gasteiger partial charge in [0.25, 0.3) is 0 Å². The SMILES string of the molecule is NCc1cccnc1OCC1CC1. The van der Waals surface area contributed by atoms with Gasteiger partial charge in [-0.15, -0.1) is 0 Å². The van der Waals surface area contributed by atoms with Crippen LogP contribution in [0.5, 0.6) is 5.88 Å². The Bertz CT molecular complexity index is 284. The summed E-state index contributed by atoms with van der Waals surface area (Å²) in [5.41, 5.74) is 6.54. The fraction of sp³-hybridized carbons (Fsp3) is 0.500. The zero-order chi connectivity index (χ0) is 9.10. The molecule has 0 aliphatic heterocycles. The van der Waals surface area contributed by atoms with E-state index in [0.29, 0.717) is 12.4 Å². The molecule has 1 heterocycles. The normalized spacial score (nSPS) is 15.8. The lowest BCUT2D eigenvalue weighted by atomic mass is 10.3. The van der Waals surface area contributed by atoms with Crippen LogP contribution >= 0.6 is 0 Å². The average Bonchev–Trinajstić information content (AvgIpc) is 2.99. The Morgan fingerprint density at radius 2 is 2.38 bits per heavy atom. The van der Waals surface area contributed by atoms with Crippen molar-refractivity contribution in [2.75, 3.05) is 6.61 Å². The third-order valence-electron chi connectivity index (χ3n) is 2.22. The second-order valence-corrected chi connectivity index (χ2v) is 3.43. The molecule has 1 aliphatic rings. The van der Waals surface area contributed by atoms with Crippen LogP contribution in [0.3, 0.4) is 0 Å². The van der Waals surface area contributed by atoms with Crippen molar-refractivity contribution in [3.05, 3.63) is 23.9 Å². The quantitative estimate of drug-likeness (QED) is 0.756. The molecule has 0 bridgehead atoms. The molecule has 1 aromatic rings. The minimum Gasteiger partial charge on any atom is -0.477 e. The van der Waals surface area contributed by atoms with Gasteiger partial charge in [0.05, 0.1) is 6.61 Å². The summed E-state index contributed by atoms with van der Waals surface area (Å²) in [5.74, 6) is 1.46. The Labute approximate surface area is 77.9 Å². The highest BCUT2D eigenvalue weighted by atomic mass is 16.5. The van der Waals surface area contributed by atoms with Gasteiger partial charge in [-0.3, -0.25) is 0 Å². The van der Waals surface area contributed by atoms with E-state index < -0.39 is 0 Å². The molecule has 1 saturated carbocycles. The molecule has 0 amide bonds. The number of pyridine rings is 1. The number of hydrogen-bond donors (Lipinski definition) is 1. The number of aromatic nitrogens is 1. The standard InChI is InChI=1S/C10H14N2O/c11-6-9-2-1-5-12-10(9)13-7-8-3-4-8/h1-2,5,8H,3-4,6-7,11H2. The van der Waals surface area contributed by atoms with Crippen molar-refractivity contribution >= 4 is 0 Å². The van der Waals surface area contributed by atoms with Crippen LogP contribution in [-0.4, -0.2) is 11.6 Å². The fourth-order valence-corrected chi connectivity index (χ4v) is 1.19. The van der Waals surface area contributed by atoms with Gasteiger partial charge in [0.1, 0.15) is 0 Å². The van der Waals surface area contributed by atoms with Crippen LogP contribution in [0, 0.1) is 5.92 Å². The van der Waals surface area contributed by atoms with Gasteiger partial charge in [-0.05, 0) is 24.8 Å². The Morgan fingerprint density at radius 3 is 3.08 bits per heavy atom. The summed E-state index contributed by atoms with van der Waals surface area (Å²) in [7, 11) is 0. The first-order valence-corrected chi connectivity index (χ1v) is 4.67. The van der Waals surface area contributed by atoms with Gasteiger partial charge in [0.2, 0.25) is 5.88 Å². The Hall–Kier alpha value is -1.09. The lowest BCUT2D eigenvalue weighted by Crippen LogP contribution is -2.06. The van der Waals surface area contributed by atoms with E-state index >= 15 is 0 Å². The molecule has 0 radical (unpaired) electrons. The first kappa shape index (κ1) is 8.51. The van der Waals surface area contributed by atoms with Crippen molar-refractivity contribution in [1.29, 1.82) is 0 Å². The van der Waals surface area contributed by atoms with E-state index in [1.165, 1.54) is 12.8 Å². The number of nitrogens with zero attached hydrogens (tertiary/aromatic N) is 1. The third kappa shape index (κ3) is 2.18. The van der Waals surface area contributed by atoms with Gasteiger partial charge in [-0.25, -0.2) is 4.98 Å². The van der Waals surface area contributed by atoms with Crippen LogP contribution in [0.15, 0.2) is 18.3 Å². The Balaban J connectivity index is 1.99. The van der Waals surface area contributed by atoms with Crippen molar-refractivity contribution in [2.45, 2.75) is 19.4 Å². The Kier molecular flexibility index (Phi) is 2.45. The predicted octanol–water partition coefficient (Wildman–Crippen LogP) is 1.33. The van der Waals surface area contributed by atoms with Gasteiger partial charge < -0.3 is 10.5 Å². The van der Waals surface area contributed by atoms with Crippen molar-refractivity contribution in [2.24, 2.45) is 11.7 Å². The molecule has 0 atom stereocenters. The van der Waals surface area contributed by atoms with E-state index in [0.717, 1.165) is 18.1 Å². The van der Waals surface area contributed by atoms with Gasteiger partial charge in [-0.1, -0.05) is 6.07 Å². The van der Waals surface area contributed by atoms with E-state index in [-0.39, 0.29) is 0 Å². The van der Waals surface area contributed by atoms with Gasteiger partial charge in [0, 0.05) is 18.3 Å². The largest absolute Gasteiger partial charge is 0.477 e. The molecule has 2 N–H and O–H groups in total. The van der Waals surface area contributed by atoms with Crippen molar-refractivity contribution in [3.63, 3.8) is 0 Å². The highest BCUT2D eigenvalue weighted by Crippen LogP contribution is 2.29. The van der Waals surface area contributed by atoms with E-state index in [1.54, 1.807) is 6.20 Å². The molecule has 0 saturated heterocycles. The second kappa shape index (κ2) is 3.75. The summed E-state index contributed by atoms with van der Waals surface area (Å²) in [4.78, 5) is 4.15. The zero-order valence-electron chi connectivity index (χ0n) is 7.57. The maximum atomic E-state index is 5.56. The number of nitrogens with two attached hydrogens (primary N) is 1. The molecule has 13 heavy (non-hydrogen) atoms. The minimum absolute atomic E-state index is 0.494. The molecule has 1 fully saturated rings. The highest BCUT2D eigenvalue weighted by molar-refractivity contribution is 5.24. The fourth-order valence-electron chi connectivity index (χ4n) is 1.19. The molecule has 2 rings (SSSR count). The van der Waals surface area contributed by atoms with Crippen LogP contribution in [-0.2, 0) is 6.54 Å². The molecule has 3 heteroatoms. The van der Waals surface area contributed by atoms with Crippen LogP contribution in [0.1, 0.15) is 18.4 Å². The average molecular weight is 178 g/mol. The van der Waals surface area contributed by atoms with Crippen LogP contribution in [0.2, 0.25) is 0 Å². The van der Waals surface area contributed by atoms with Crippen LogP contribution < -0.4 is 10.5 Å². The zero-order valence-corrected chi connectivity index (χ0v) is 7.57. The molecule has 0 aromatic carbocycles. The molecule has 0 unspecified atom stereocenters. The van der Waals surface area contributed by atoms with Gasteiger partial charge in [0.15, 0.2) is 0 Å². The first-order chi connectivity index (χ1) is 6.40. The number of ether oxygens (including phenoxy) is 1. The molecular formula is C10H14N2O. The summed E-state index contributed by atoms with van der Waals surface area (Å²) in [6.45, 7) is 1.29. The summed E-state index contributed by atoms with van der Waals surface area (Å²) in [6.07, 6.45) is 4.33. The monoisotopic (exact) mass is 178 g/mol. The van der Waals surface area contributed by atoms with E-state index in [4.69, 9.17) is 10.5 Å². The van der Waals surface area contributed by atoms with Gasteiger partial charge in [-0.2, -0.15) is 0 Å². The number of hydrogen-bond acceptors (Lipinski definition) is 3. The lowest BCUT2D eigenvalue weighted by molar-refractivity contribution is 0.285. The maximum Gasteiger partial charge on any atom is 0.217 e. The highest BCUT2D eigenvalue weighted by Gasteiger charge is 2.22. The third-order valence-corrected chi connectivity index (χ3v) is 2.22. The van der Waals surface area contributed by atoms with E-state index in [1.807, 2.05) is 12.1 Å². The second-order valence-electron chi connectivity index (χ2n) is 3.43. The minimum atomic E-state index is 0.494. The molecular weight excluding hydrogens is 164 g/mol. The molecule has 1 aliphatic carbocycles. The lowest BCUT2D eigenvalue weighted by Gasteiger charge is -2.07. The first-order valence-electron chi connectivity index (χ1n) is 4.67. The molecule has 70 valence electrons. The number of rotatable bonds is 4. The summed E-state index contributed by atoms with van der Waals surface area (Å²) < 4.78 is 5.56. The molecule has 1 aromatic heterocycles. The topological polar surface area (TPSA) is 48.1 Å². The summed E-state index contributed by atoms with van der Waals surface area (Å²) in [6, 6.07) is 3.83. The van der Waals surface area contributed by atoms with Crippen LogP contribution in [0.4, 0.5) is 0 Å². The van der Waals surface area contributed by atoms with E-state index in [2.05, 4.69) is 4.98 Å². The maximum absolute atomic E-state index is 5.56.